The van der Waals surface area contributed by atoms with E-state index < -0.39 is 0 Å². The highest BCUT2D eigenvalue weighted by Gasteiger charge is 2.25. The predicted molar refractivity (Wildman–Crippen MR) is 79.4 cm³/mol. The number of piperidine rings is 1. The fraction of sp³-hybridized carbons (Fsp3) is 0.615. The van der Waals surface area contributed by atoms with Gasteiger partial charge in [-0.05, 0) is 26.2 Å². The first kappa shape index (κ1) is 14.0. The van der Waals surface area contributed by atoms with Crippen molar-refractivity contribution >= 4 is 27.9 Å². The number of hydrogen-bond acceptors (Lipinski definition) is 5. The third-order valence-corrected chi connectivity index (χ3v) is 4.52. The Morgan fingerprint density at radius 1 is 1.42 bits per heavy atom. The van der Waals surface area contributed by atoms with Crippen LogP contribution in [0.15, 0.2) is 0 Å². The molecule has 0 aliphatic carbocycles. The van der Waals surface area contributed by atoms with E-state index in [-0.39, 0.29) is 5.91 Å². The Hall–Kier alpha value is -1.43. The second-order valence-electron chi connectivity index (χ2n) is 4.59. The third kappa shape index (κ3) is 2.78. The van der Waals surface area contributed by atoms with E-state index in [4.69, 9.17) is 10.5 Å². The van der Waals surface area contributed by atoms with Crippen LogP contribution in [-0.4, -0.2) is 32.7 Å². The molecule has 1 aromatic rings. The standard InChI is InChI=1S/C13H21N3O2S/c1-3-15-12(17)11-9(14)10(18-2)13(19-11)16-7-5-4-6-8-16/h3-8,14H2,1-2H3,(H,15,17). The highest BCUT2D eigenvalue weighted by atomic mass is 32.1. The van der Waals surface area contributed by atoms with Crippen molar-refractivity contribution in [2.24, 2.45) is 0 Å². The average molecular weight is 283 g/mol. The van der Waals surface area contributed by atoms with Crippen LogP contribution < -0.4 is 20.7 Å². The summed E-state index contributed by atoms with van der Waals surface area (Å²) in [4.78, 5) is 14.8. The lowest BCUT2D eigenvalue weighted by molar-refractivity contribution is 0.0960. The van der Waals surface area contributed by atoms with E-state index in [1.165, 1.54) is 30.6 Å². The highest BCUT2D eigenvalue weighted by Crippen LogP contribution is 2.45. The lowest BCUT2D eigenvalue weighted by atomic mass is 10.1. The van der Waals surface area contributed by atoms with E-state index in [1.807, 2.05) is 6.92 Å². The molecule has 1 aliphatic rings. The van der Waals surface area contributed by atoms with Gasteiger partial charge in [0.15, 0.2) is 5.75 Å². The summed E-state index contributed by atoms with van der Waals surface area (Å²) in [5, 5.41) is 3.77. The normalized spacial score (nSPS) is 15.4. The molecule has 1 saturated heterocycles. The van der Waals surface area contributed by atoms with Crippen LogP contribution in [0.4, 0.5) is 10.7 Å². The molecule has 6 heteroatoms. The van der Waals surface area contributed by atoms with Gasteiger partial charge in [0.25, 0.3) is 5.91 Å². The molecule has 1 aliphatic heterocycles. The number of thiophene rings is 1. The molecule has 1 amide bonds. The van der Waals surface area contributed by atoms with Gasteiger partial charge in [-0.2, -0.15) is 0 Å². The summed E-state index contributed by atoms with van der Waals surface area (Å²) >= 11 is 1.43. The number of nitrogens with two attached hydrogens (primary N) is 1. The zero-order valence-corrected chi connectivity index (χ0v) is 12.3. The van der Waals surface area contributed by atoms with E-state index >= 15 is 0 Å². The molecule has 0 unspecified atom stereocenters. The zero-order valence-electron chi connectivity index (χ0n) is 11.5. The first-order valence-corrected chi connectivity index (χ1v) is 7.50. The van der Waals surface area contributed by atoms with Gasteiger partial charge in [0.05, 0.1) is 7.11 Å². The Labute approximate surface area is 117 Å². The van der Waals surface area contributed by atoms with Crippen LogP contribution in [0, 0.1) is 0 Å². The van der Waals surface area contributed by atoms with Crippen LogP contribution in [0.1, 0.15) is 35.9 Å². The summed E-state index contributed by atoms with van der Waals surface area (Å²) in [6, 6.07) is 0. The summed E-state index contributed by atoms with van der Waals surface area (Å²) in [6.45, 7) is 4.50. The van der Waals surface area contributed by atoms with Crippen molar-refractivity contribution in [3.05, 3.63) is 4.88 Å². The smallest absolute Gasteiger partial charge is 0.263 e. The Bertz CT molecular complexity index is 453. The summed E-state index contributed by atoms with van der Waals surface area (Å²) in [5.41, 5.74) is 6.51. The van der Waals surface area contributed by atoms with Gasteiger partial charge in [-0.15, -0.1) is 11.3 Å². The number of rotatable bonds is 4. The van der Waals surface area contributed by atoms with E-state index in [2.05, 4.69) is 10.2 Å². The van der Waals surface area contributed by atoms with E-state index in [0.29, 0.717) is 22.9 Å². The lowest BCUT2D eigenvalue weighted by Gasteiger charge is -2.27. The largest absolute Gasteiger partial charge is 0.492 e. The number of methoxy groups -OCH3 is 1. The van der Waals surface area contributed by atoms with Crippen molar-refractivity contribution < 1.29 is 9.53 Å². The Balaban J connectivity index is 2.32. The molecule has 5 nitrogen and oxygen atoms in total. The van der Waals surface area contributed by atoms with Gasteiger partial charge < -0.3 is 20.7 Å². The summed E-state index contributed by atoms with van der Waals surface area (Å²) in [6.07, 6.45) is 3.62. The third-order valence-electron chi connectivity index (χ3n) is 3.27. The predicted octanol–water partition coefficient (Wildman–Crippen LogP) is 2.08. The van der Waals surface area contributed by atoms with Gasteiger partial charge >= 0.3 is 0 Å². The lowest BCUT2D eigenvalue weighted by Crippen LogP contribution is -2.28. The SMILES string of the molecule is CCNC(=O)c1sc(N2CCCCC2)c(OC)c1N. The summed E-state index contributed by atoms with van der Waals surface area (Å²) < 4.78 is 5.40. The Kier molecular flexibility index (Phi) is 4.52. The maximum atomic E-state index is 12.0. The second kappa shape index (κ2) is 6.14. The molecule has 0 aromatic carbocycles. The quantitative estimate of drug-likeness (QED) is 0.888. The topological polar surface area (TPSA) is 67.6 Å². The van der Waals surface area contributed by atoms with Crippen LogP contribution in [0.3, 0.4) is 0 Å². The number of nitrogens with zero attached hydrogens (tertiary/aromatic N) is 1. The minimum absolute atomic E-state index is 0.119. The molecule has 2 rings (SSSR count). The number of anilines is 2. The monoisotopic (exact) mass is 283 g/mol. The zero-order chi connectivity index (χ0) is 13.8. The maximum Gasteiger partial charge on any atom is 0.263 e. The van der Waals surface area contributed by atoms with Crippen LogP contribution in [-0.2, 0) is 0 Å². The summed E-state index contributed by atoms with van der Waals surface area (Å²) in [5.74, 6) is 0.528. The van der Waals surface area contributed by atoms with Crippen LogP contribution in [0.25, 0.3) is 0 Å². The number of nitrogens with one attached hydrogen (secondary N) is 1. The second-order valence-corrected chi connectivity index (χ2v) is 5.59. The Morgan fingerprint density at radius 2 is 2.11 bits per heavy atom. The van der Waals surface area contributed by atoms with Crippen LogP contribution in [0.5, 0.6) is 5.75 Å². The average Bonchev–Trinajstić information content (AvgIpc) is 2.77. The molecule has 0 radical (unpaired) electrons. The van der Waals surface area contributed by atoms with Crippen molar-refractivity contribution in [2.45, 2.75) is 26.2 Å². The number of ether oxygens (including phenoxy) is 1. The molecule has 3 N–H and O–H groups in total. The van der Waals surface area contributed by atoms with Gasteiger partial charge in [0, 0.05) is 19.6 Å². The van der Waals surface area contributed by atoms with Crippen LogP contribution in [0.2, 0.25) is 0 Å². The highest BCUT2D eigenvalue weighted by molar-refractivity contribution is 7.19. The van der Waals surface area contributed by atoms with Gasteiger partial charge in [-0.3, -0.25) is 4.79 Å². The van der Waals surface area contributed by atoms with Crippen molar-refractivity contribution in [1.82, 2.24) is 5.32 Å². The number of carbonyl (C=O) groups excluding carboxylic acids is 1. The minimum Gasteiger partial charge on any atom is -0.492 e. The molecular formula is C13H21N3O2S. The molecule has 1 aromatic heterocycles. The molecule has 19 heavy (non-hydrogen) atoms. The van der Waals surface area contributed by atoms with E-state index in [9.17, 15) is 4.79 Å². The number of nitrogen functional groups attached to an aromatic ring is 1. The Morgan fingerprint density at radius 3 is 2.68 bits per heavy atom. The first-order chi connectivity index (χ1) is 9.19. The molecule has 0 saturated carbocycles. The van der Waals surface area contributed by atoms with Crippen molar-refractivity contribution in [3.8, 4) is 5.75 Å². The molecule has 2 heterocycles. The number of carbonyl (C=O) groups is 1. The van der Waals surface area contributed by atoms with Crippen LogP contribution >= 0.6 is 11.3 Å². The first-order valence-electron chi connectivity index (χ1n) is 6.68. The van der Waals surface area contributed by atoms with Gasteiger partial charge in [0.1, 0.15) is 15.6 Å². The fourth-order valence-electron chi connectivity index (χ4n) is 2.33. The molecule has 0 spiro atoms. The fourth-order valence-corrected chi connectivity index (χ4v) is 3.49. The molecule has 106 valence electrons. The van der Waals surface area contributed by atoms with Gasteiger partial charge in [-0.25, -0.2) is 0 Å². The van der Waals surface area contributed by atoms with Gasteiger partial charge in [-0.1, -0.05) is 0 Å². The van der Waals surface area contributed by atoms with E-state index in [0.717, 1.165) is 18.1 Å². The molecular weight excluding hydrogens is 262 g/mol. The molecule has 1 fully saturated rings. The molecule has 0 atom stereocenters. The van der Waals surface area contributed by atoms with E-state index in [1.54, 1.807) is 7.11 Å². The van der Waals surface area contributed by atoms with Crippen molar-refractivity contribution in [3.63, 3.8) is 0 Å². The number of hydrogen-bond donors (Lipinski definition) is 2. The van der Waals surface area contributed by atoms with Gasteiger partial charge in [0.2, 0.25) is 0 Å². The number of amides is 1. The molecule has 0 bridgehead atoms. The summed E-state index contributed by atoms with van der Waals surface area (Å²) in [7, 11) is 1.60. The van der Waals surface area contributed by atoms with Crippen molar-refractivity contribution in [2.75, 3.05) is 37.4 Å². The maximum absolute atomic E-state index is 12.0. The van der Waals surface area contributed by atoms with Crippen molar-refractivity contribution in [1.29, 1.82) is 0 Å². The minimum atomic E-state index is -0.119.